The van der Waals surface area contributed by atoms with Gasteiger partial charge in [-0.05, 0) is 68.3 Å². The normalized spacial score (nSPS) is 10.9. The SMILES string of the molecule is Cc1ccc(N=Nc2ccc(Nc3ccc(C)cc3[N+](=O)[O-])cc2)c(C)c1. The minimum atomic E-state index is -0.387. The second-order valence-corrected chi connectivity index (χ2v) is 6.44. The first kappa shape index (κ1) is 18.3. The lowest BCUT2D eigenvalue weighted by molar-refractivity contribution is -0.384. The van der Waals surface area contributed by atoms with Crippen molar-refractivity contribution >= 4 is 28.4 Å². The van der Waals surface area contributed by atoms with Crippen LogP contribution < -0.4 is 5.32 Å². The van der Waals surface area contributed by atoms with E-state index < -0.39 is 0 Å². The van der Waals surface area contributed by atoms with Crippen LogP contribution in [0.2, 0.25) is 0 Å². The predicted octanol–water partition coefficient (Wildman–Crippen LogP) is 6.68. The fourth-order valence-electron chi connectivity index (χ4n) is 2.69. The fourth-order valence-corrected chi connectivity index (χ4v) is 2.69. The van der Waals surface area contributed by atoms with Crippen LogP contribution in [-0.2, 0) is 0 Å². The van der Waals surface area contributed by atoms with E-state index in [9.17, 15) is 10.1 Å². The van der Waals surface area contributed by atoms with Crippen LogP contribution in [0, 0.1) is 30.9 Å². The van der Waals surface area contributed by atoms with Gasteiger partial charge in [0.15, 0.2) is 0 Å². The first-order valence-electron chi connectivity index (χ1n) is 8.53. The van der Waals surface area contributed by atoms with Gasteiger partial charge in [-0.1, -0.05) is 23.8 Å². The van der Waals surface area contributed by atoms with Crippen LogP contribution in [-0.4, -0.2) is 4.92 Å². The van der Waals surface area contributed by atoms with Gasteiger partial charge >= 0.3 is 0 Å². The number of nitro groups is 1. The van der Waals surface area contributed by atoms with Crippen LogP contribution in [0.15, 0.2) is 70.9 Å². The Morgan fingerprint density at radius 2 is 1.52 bits per heavy atom. The van der Waals surface area contributed by atoms with Crippen molar-refractivity contribution in [3.05, 3.63) is 87.5 Å². The number of nitrogens with zero attached hydrogens (tertiary/aromatic N) is 3. The molecule has 0 aliphatic heterocycles. The highest BCUT2D eigenvalue weighted by Gasteiger charge is 2.13. The van der Waals surface area contributed by atoms with Gasteiger partial charge in [0.25, 0.3) is 5.69 Å². The molecule has 0 aliphatic rings. The molecule has 3 aromatic rings. The number of benzene rings is 3. The van der Waals surface area contributed by atoms with Gasteiger partial charge in [-0.3, -0.25) is 10.1 Å². The number of nitrogens with one attached hydrogen (secondary N) is 1. The van der Waals surface area contributed by atoms with E-state index in [2.05, 4.69) is 21.6 Å². The topological polar surface area (TPSA) is 79.9 Å². The molecule has 0 saturated heterocycles. The summed E-state index contributed by atoms with van der Waals surface area (Å²) in [4.78, 5) is 10.8. The van der Waals surface area contributed by atoms with Crippen LogP contribution in [0.25, 0.3) is 0 Å². The fraction of sp³-hybridized carbons (Fsp3) is 0.143. The maximum absolute atomic E-state index is 11.2. The largest absolute Gasteiger partial charge is 0.350 e. The van der Waals surface area contributed by atoms with Gasteiger partial charge < -0.3 is 5.32 Å². The Morgan fingerprint density at radius 1 is 0.852 bits per heavy atom. The highest BCUT2D eigenvalue weighted by molar-refractivity contribution is 5.70. The first-order valence-corrected chi connectivity index (χ1v) is 8.53. The second-order valence-electron chi connectivity index (χ2n) is 6.44. The quantitative estimate of drug-likeness (QED) is 0.313. The summed E-state index contributed by atoms with van der Waals surface area (Å²) in [5, 5.41) is 22.9. The Labute approximate surface area is 157 Å². The number of anilines is 2. The van der Waals surface area contributed by atoms with E-state index in [1.807, 2.05) is 63.2 Å². The monoisotopic (exact) mass is 360 g/mol. The summed E-state index contributed by atoms with van der Waals surface area (Å²) in [6.07, 6.45) is 0. The molecule has 0 saturated carbocycles. The minimum absolute atomic E-state index is 0.0496. The van der Waals surface area contributed by atoms with Gasteiger partial charge in [-0.15, -0.1) is 0 Å². The molecule has 1 N–H and O–H groups in total. The average molecular weight is 360 g/mol. The molecule has 0 aliphatic carbocycles. The lowest BCUT2D eigenvalue weighted by Crippen LogP contribution is -1.97. The van der Waals surface area contributed by atoms with E-state index in [1.54, 1.807) is 12.1 Å². The lowest BCUT2D eigenvalue weighted by Gasteiger charge is -2.08. The standard InChI is InChI=1S/C21H20N4O2/c1-14-4-10-19(16(3)12-14)24-23-18-8-6-17(7-9-18)22-20-11-5-15(2)13-21(20)25(26)27/h4-13,22H,1-3H3. The van der Waals surface area contributed by atoms with Crippen molar-refractivity contribution in [1.82, 2.24) is 0 Å². The number of nitro benzene ring substituents is 1. The Morgan fingerprint density at radius 3 is 2.19 bits per heavy atom. The van der Waals surface area contributed by atoms with E-state index in [1.165, 1.54) is 5.56 Å². The maximum atomic E-state index is 11.2. The van der Waals surface area contributed by atoms with Crippen LogP contribution in [0.3, 0.4) is 0 Å². The summed E-state index contributed by atoms with van der Waals surface area (Å²) in [5.74, 6) is 0. The number of hydrogen-bond donors (Lipinski definition) is 1. The molecular formula is C21H20N4O2. The van der Waals surface area contributed by atoms with Crippen molar-refractivity contribution in [2.45, 2.75) is 20.8 Å². The molecule has 3 aromatic carbocycles. The minimum Gasteiger partial charge on any atom is -0.350 e. The number of hydrogen-bond acceptors (Lipinski definition) is 5. The zero-order valence-corrected chi connectivity index (χ0v) is 15.4. The molecule has 136 valence electrons. The molecule has 0 radical (unpaired) electrons. The average Bonchev–Trinajstić information content (AvgIpc) is 2.63. The van der Waals surface area contributed by atoms with E-state index in [4.69, 9.17) is 0 Å². The molecule has 6 nitrogen and oxygen atoms in total. The second kappa shape index (κ2) is 7.78. The zero-order chi connectivity index (χ0) is 19.4. The highest BCUT2D eigenvalue weighted by Crippen LogP contribution is 2.29. The van der Waals surface area contributed by atoms with E-state index in [-0.39, 0.29) is 10.6 Å². The van der Waals surface area contributed by atoms with Crippen molar-refractivity contribution in [1.29, 1.82) is 0 Å². The van der Waals surface area contributed by atoms with Gasteiger partial charge in [0.2, 0.25) is 0 Å². The summed E-state index contributed by atoms with van der Waals surface area (Å²) in [5.41, 5.74) is 5.89. The molecule has 0 amide bonds. The Balaban J connectivity index is 1.76. The third kappa shape index (κ3) is 4.55. The third-order valence-electron chi connectivity index (χ3n) is 4.12. The summed E-state index contributed by atoms with van der Waals surface area (Å²) >= 11 is 0. The maximum Gasteiger partial charge on any atom is 0.292 e. The summed E-state index contributed by atoms with van der Waals surface area (Å²) in [7, 11) is 0. The van der Waals surface area contributed by atoms with Gasteiger partial charge in [0.1, 0.15) is 5.69 Å². The summed E-state index contributed by atoms with van der Waals surface area (Å²) in [6, 6.07) is 18.4. The number of aryl methyl sites for hydroxylation is 3. The van der Waals surface area contributed by atoms with Crippen molar-refractivity contribution in [3.8, 4) is 0 Å². The smallest absolute Gasteiger partial charge is 0.292 e. The van der Waals surface area contributed by atoms with Crippen molar-refractivity contribution < 1.29 is 4.92 Å². The molecular weight excluding hydrogens is 340 g/mol. The van der Waals surface area contributed by atoms with Gasteiger partial charge in [-0.2, -0.15) is 10.2 Å². The Hall–Kier alpha value is -3.54. The third-order valence-corrected chi connectivity index (χ3v) is 4.12. The molecule has 0 heterocycles. The summed E-state index contributed by atoms with van der Waals surface area (Å²) < 4.78 is 0. The predicted molar refractivity (Wildman–Crippen MR) is 108 cm³/mol. The first-order chi connectivity index (χ1) is 12.9. The zero-order valence-electron chi connectivity index (χ0n) is 15.4. The van der Waals surface area contributed by atoms with Crippen molar-refractivity contribution in [2.24, 2.45) is 10.2 Å². The van der Waals surface area contributed by atoms with Crippen molar-refractivity contribution in [3.63, 3.8) is 0 Å². The van der Waals surface area contributed by atoms with Crippen LogP contribution in [0.4, 0.5) is 28.4 Å². The van der Waals surface area contributed by atoms with E-state index in [0.717, 1.165) is 22.5 Å². The lowest BCUT2D eigenvalue weighted by atomic mass is 10.1. The van der Waals surface area contributed by atoms with Gasteiger partial charge in [-0.25, -0.2) is 0 Å². The number of azo groups is 1. The molecule has 0 fully saturated rings. The molecule has 27 heavy (non-hydrogen) atoms. The highest BCUT2D eigenvalue weighted by atomic mass is 16.6. The van der Waals surface area contributed by atoms with E-state index in [0.29, 0.717) is 11.4 Å². The van der Waals surface area contributed by atoms with Gasteiger partial charge in [0, 0.05) is 11.8 Å². The van der Waals surface area contributed by atoms with Crippen LogP contribution >= 0.6 is 0 Å². The molecule has 6 heteroatoms. The van der Waals surface area contributed by atoms with Crippen LogP contribution in [0.1, 0.15) is 16.7 Å². The molecule has 0 aromatic heterocycles. The molecule has 0 atom stereocenters. The Bertz CT molecular complexity index is 1010. The van der Waals surface area contributed by atoms with Crippen molar-refractivity contribution in [2.75, 3.05) is 5.32 Å². The summed E-state index contributed by atoms with van der Waals surface area (Å²) in [6.45, 7) is 5.87. The number of rotatable bonds is 5. The van der Waals surface area contributed by atoms with Crippen LogP contribution in [0.5, 0.6) is 0 Å². The Kier molecular flexibility index (Phi) is 5.26. The molecule has 3 rings (SSSR count). The van der Waals surface area contributed by atoms with Gasteiger partial charge in [0.05, 0.1) is 16.3 Å². The van der Waals surface area contributed by atoms with E-state index >= 15 is 0 Å². The molecule has 0 spiro atoms. The molecule has 0 unspecified atom stereocenters. The molecule has 0 bridgehead atoms.